The molecule has 1 heterocycles. The van der Waals surface area contributed by atoms with E-state index >= 15 is 0 Å². The standard InChI is InChI=1S/C21H33N3O2/c1-4-23(5-2)20(25)10-7-11-21(26)24-14-12-22(13-15-24)17-19-9-6-8-18(3)16-19/h6,8-9,16H,4-5,7,10-15,17H2,1-3H3. The van der Waals surface area contributed by atoms with Crippen molar-refractivity contribution in [2.45, 2.75) is 46.6 Å². The number of aryl methyl sites for hydroxylation is 1. The minimum atomic E-state index is 0.158. The molecule has 26 heavy (non-hydrogen) atoms. The maximum atomic E-state index is 12.4. The number of benzene rings is 1. The fraction of sp³-hybridized carbons (Fsp3) is 0.619. The maximum absolute atomic E-state index is 12.4. The normalized spacial score (nSPS) is 15.1. The largest absolute Gasteiger partial charge is 0.343 e. The van der Waals surface area contributed by atoms with E-state index in [1.54, 1.807) is 0 Å². The molecule has 0 aromatic heterocycles. The lowest BCUT2D eigenvalue weighted by Gasteiger charge is -2.35. The summed E-state index contributed by atoms with van der Waals surface area (Å²) >= 11 is 0. The minimum Gasteiger partial charge on any atom is -0.343 e. The average Bonchev–Trinajstić information content (AvgIpc) is 2.63. The van der Waals surface area contributed by atoms with Crippen LogP contribution < -0.4 is 0 Å². The van der Waals surface area contributed by atoms with Crippen molar-refractivity contribution >= 4 is 11.8 Å². The van der Waals surface area contributed by atoms with E-state index in [2.05, 4.69) is 36.1 Å². The molecule has 144 valence electrons. The van der Waals surface area contributed by atoms with Crippen LogP contribution in [0.3, 0.4) is 0 Å². The molecule has 1 aromatic rings. The summed E-state index contributed by atoms with van der Waals surface area (Å²) in [6.07, 6.45) is 1.60. The lowest BCUT2D eigenvalue weighted by molar-refractivity contribution is -0.133. The Morgan fingerprint density at radius 3 is 2.35 bits per heavy atom. The summed E-state index contributed by atoms with van der Waals surface area (Å²) in [7, 11) is 0. The van der Waals surface area contributed by atoms with Crippen molar-refractivity contribution in [3.8, 4) is 0 Å². The molecule has 0 aliphatic carbocycles. The van der Waals surface area contributed by atoms with E-state index in [0.717, 1.165) is 45.8 Å². The summed E-state index contributed by atoms with van der Waals surface area (Å²) in [6.45, 7) is 11.9. The Kier molecular flexibility index (Phi) is 8.10. The second-order valence-electron chi connectivity index (χ2n) is 7.07. The Morgan fingerprint density at radius 2 is 1.73 bits per heavy atom. The minimum absolute atomic E-state index is 0.158. The molecule has 1 aliphatic rings. The Morgan fingerprint density at radius 1 is 1.04 bits per heavy atom. The fourth-order valence-corrected chi connectivity index (χ4v) is 3.51. The summed E-state index contributed by atoms with van der Waals surface area (Å²) < 4.78 is 0. The molecule has 1 aliphatic heterocycles. The van der Waals surface area contributed by atoms with E-state index in [1.807, 2.05) is 23.6 Å². The zero-order chi connectivity index (χ0) is 18.9. The van der Waals surface area contributed by atoms with Gasteiger partial charge in [-0.3, -0.25) is 14.5 Å². The van der Waals surface area contributed by atoms with Gasteiger partial charge in [0.25, 0.3) is 0 Å². The average molecular weight is 360 g/mol. The molecule has 0 saturated carbocycles. The molecule has 0 bridgehead atoms. The van der Waals surface area contributed by atoms with Crippen molar-refractivity contribution in [1.29, 1.82) is 0 Å². The van der Waals surface area contributed by atoms with Gasteiger partial charge in [0.2, 0.25) is 11.8 Å². The van der Waals surface area contributed by atoms with Crippen LogP contribution in [-0.4, -0.2) is 65.8 Å². The molecule has 1 fully saturated rings. The van der Waals surface area contributed by atoms with Crippen molar-refractivity contribution in [2.75, 3.05) is 39.3 Å². The van der Waals surface area contributed by atoms with Crippen LogP contribution in [0, 0.1) is 6.92 Å². The van der Waals surface area contributed by atoms with E-state index < -0.39 is 0 Å². The molecule has 0 atom stereocenters. The number of carbonyl (C=O) groups excluding carboxylic acids is 2. The van der Waals surface area contributed by atoms with E-state index in [4.69, 9.17) is 0 Å². The SMILES string of the molecule is CCN(CC)C(=O)CCCC(=O)N1CCN(Cc2cccc(C)c2)CC1. The van der Waals surface area contributed by atoms with Gasteiger partial charge in [-0.05, 0) is 32.8 Å². The predicted molar refractivity (Wildman–Crippen MR) is 105 cm³/mol. The Labute approximate surface area is 158 Å². The van der Waals surface area contributed by atoms with Crippen LogP contribution in [-0.2, 0) is 16.1 Å². The van der Waals surface area contributed by atoms with Gasteiger partial charge < -0.3 is 9.80 Å². The number of nitrogens with zero attached hydrogens (tertiary/aromatic N) is 3. The molecule has 1 aromatic carbocycles. The first-order valence-electron chi connectivity index (χ1n) is 9.87. The van der Waals surface area contributed by atoms with Gasteiger partial charge in [-0.25, -0.2) is 0 Å². The number of amides is 2. The Balaban J connectivity index is 1.68. The van der Waals surface area contributed by atoms with Crippen molar-refractivity contribution in [1.82, 2.24) is 14.7 Å². The van der Waals surface area contributed by atoms with Crippen molar-refractivity contribution in [3.05, 3.63) is 35.4 Å². The van der Waals surface area contributed by atoms with Crippen molar-refractivity contribution in [3.63, 3.8) is 0 Å². The zero-order valence-corrected chi connectivity index (χ0v) is 16.5. The molecule has 0 spiro atoms. The smallest absolute Gasteiger partial charge is 0.222 e. The molecular formula is C21H33N3O2. The lowest BCUT2D eigenvalue weighted by Crippen LogP contribution is -2.48. The lowest BCUT2D eigenvalue weighted by atomic mass is 10.1. The molecule has 2 amide bonds. The third-order valence-electron chi connectivity index (χ3n) is 5.11. The molecule has 2 rings (SSSR count). The topological polar surface area (TPSA) is 43.9 Å². The van der Waals surface area contributed by atoms with Gasteiger partial charge in [0, 0.05) is 58.7 Å². The van der Waals surface area contributed by atoms with Gasteiger partial charge in [-0.1, -0.05) is 29.8 Å². The van der Waals surface area contributed by atoms with Gasteiger partial charge in [-0.2, -0.15) is 0 Å². The first-order valence-corrected chi connectivity index (χ1v) is 9.87. The van der Waals surface area contributed by atoms with Crippen LogP contribution in [0.15, 0.2) is 24.3 Å². The van der Waals surface area contributed by atoms with E-state index in [9.17, 15) is 9.59 Å². The predicted octanol–water partition coefficient (Wildman–Crippen LogP) is 2.68. The number of rotatable bonds is 8. The Bertz CT molecular complexity index is 591. The number of hydrogen-bond acceptors (Lipinski definition) is 3. The number of carbonyl (C=O) groups is 2. The summed E-state index contributed by atoms with van der Waals surface area (Å²) in [5.41, 5.74) is 2.62. The maximum Gasteiger partial charge on any atom is 0.222 e. The Hall–Kier alpha value is -1.88. The van der Waals surface area contributed by atoms with Gasteiger partial charge in [0.15, 0.2) is 0 Å². The van der Waals surface area contributed by atoms with Crippen LogP contribution in [0.2, 0.25) is 0 Å². The van der Waals surface area contributed by atoms with Crippen LogP contribution in [0.1, 0.15) is 44.2 Å². The van der Waals surface area contributed by atoms with Crippen LogP contribution in [0.4, 0.5) is 0 Å². The monoisotopic (exact) mass is 359 g/mol. The highest BCUT2D eigenvalue weighted by molar-refractivity contribution is 5.79. The first kappa shape index (κ1) is 20.4. The molecule has 0 unspecified atom stereocenters. The van der Waals surface area contributed by atoms with E-state index in [-0.39, 0.29) is 11.8 Å². The van der Waals surface area contributed by atoms with Gasteiger partial charge in [0.1, 0.15) is 0 Å². The third-order valence-corrected chi connectivity index (χ3v) is 5.11. The second kappa shape index (κ2) is 10.3. The number of piperazine rings is 1. The van der Waals surface area contributed by atoms with Gasteiger partial charge in [0.05, 0.1) is 0 Å². The highest BCUT2D eigenvalue weighted by Gasteiger charge is 2.21. The number of hydrogen-bond donors (Lipinski definition) is 0. The molecule has 5 nitrogen and oxygen atoms in total. The van der Waals surface area contributed by atoms with Crippen LogP contribution in [0.25, 0.3) is 0 Å². The van der Waals surface area contributed by atoms with E-state index in [0.29, 0.717) is 19.3 Å². The van der Waals surface area contributed by atoms with Crippen LogP contribution >= 0.6 is 0 Å². The second-order valence-corrected chi connectivity index (χ2v) is 7.07. The highest BCUT2D eigenvalue weighted by Crippen LogP contribution is 2.12. The molecule has 1 saturated heterocycles. The molecule has 0 N–H and O–H groups in total. The van der Waals surface area contributed by atoms with Crippen LogP contribution in [0.5, 0.6) is 0 Å². The van der Waals surface area contributed by atoms with E-state index in [1.165, 1.54) is 11.1 Å². The zero-order valence-electron chi connectivity index (χ0n) is 16.5. The van der Waals surface area contributed by atoms with Crippen molar-refractivity contribution in [2.24, 2.45) is 0 Å². The molecule has 5 heteroatoms. The quantitative estimate of drug-likeness (QED) is 0.717. The fourth-order valence-electron chi connectivity index (χ4n) is 3.51. The molecule has 0 radical (unpaired) electrons. The van der Waals surface area contributed by atoms with Crippen molar-refractivity contribution < 1.29 is 9.59 Å². The highest BCUT2D eigenvalue weighted by atomic mass is 16.2. The molecular weight excluding hydrogens is 326 g/mol. The summed E-state index contributed by atoms with van der Waals surface area (Å²) in [5, 5.41) is 0. The first-order chi connectivity index (χ1) is 12.5. The summed E-state index contributed by atoms with van der Waals surface area (Å²) in [4.78, 5) is 30.6. The van der Waals surface area contributed by atoms with Gasteiger partial charge >= 0.3 is 0 Å². The third kappa shape index (κ3) is 6.13. The summed E-state index contributed by atoms with van der Waals surface area (Å²) in [5.74, 6) is 0.346. The van der Waals surface area contributed by atoms with Gasteiger partial charge in [-0.15, -0.1) is 0 Å². The summed E-state index contributed by atoms with van der Waals surface area (Å²) in [6, 6.07) is 8.61.